The fourth-order valence-electron chi connectivity index (χ4n) is 1.86. The minimum atomic E-state index is 0.690. The summed E-state index contributed by atoms with van der Waals surface area (Å²) in [5.41, 5.74) is 1.14. The molecule has 4 nitrogen and oxygen atoms in total. The smallest absolute Gasteiger partial charge is 0.225 e. The largest absolute Gasteiger partial charge is 0.338 e. The molecule has 0 aromatic carbocycles. The molecule has 0 unspecified atom stereocenters. The molecule has 1 aromatic heterocycles. The van der Waals surface area contributed by atoms with E-state index in [0.717, 1.165) is 31.0 Å². The van der Waals surface area contributed by atoms with Gasteiger partial charge in [0.15, 0.2) is 0 Å². The maximum absolute atomic E-state index is 4.45. The molecule has 1 aliphatic rings. The molecule has 1 aromatic rings. The van der Waals surface area contributed by atoms with E-state index in [0.29, 0.717) is 6.04 Å². The van der Waals surface area contributed by atoms with Gasteiger partial charge in [0.1, 0.15) is 0 Å². The van der Waals surface area contributed by atoms with Crippen molar-refractivity contribution in [1.29, 1.82) is 0 Å². The average Bonchev–Trinajstić information content (AvgIpc) is 3.12. The summed E-state index contributed by atoms with van der Waals surface area (Å²) in [6.45, 7) is 4.10. The number of anilines is 1. The minimum Gasteiger partial charge on any atom is -0.338 e. The van der Waals surface area contributed by atoms with Crippen LogP contribution in [0.25, 0.3) is 0 Å². The van der Waals surface area contributed by atoms with Crippen molar-refractivity contribution in [2.24, 2.45) is 0 Å². The fourth-order valence-corrected chi connectivity index (χ4v) is 1.86. The molecule has 0 bridgehead atoms. The van der Waals surface area contributed by atoms with E-state index >= 15 is 0 Å². The van der Waals surface area contributed by atoms with E-state index < -0.39 is 0 Å². The molecule has 1 fully saturated rings. The summed E-state index contributed by atoms with van der Waals surface area (Å²) < 4.78 is 0. The lowest BCUT2D eigenvalue weighted by molar-refractivity contribution is 0.729. The molecular formula is C12H20N4. The Morgan fingerprint density at radius 1 is 1.38 bits per heavy atom. The van der Waals surface area contributed by atoms with Crippen molar-refractivity contribution in [1.82, 2.24) is 15.3 Å². The average molecular weight is 220 g/mol. The second-order valence-corrected chi connectivity index (χ2v) is 4.35. The Bertz CT molecular complexity index is 318. The highest BCUT2D eigenvalue weighted by molar-refractivity contribution is 5.33. The van der Waals surface area contributed by atoms with Gasteiger partial charge in [0.25, 0.3) is 0 Å². The molecule has 0 amide bonds. The fraction of sp³-hybridized carbons (Fsp3) is 0.667. The molecule has 0 atom stereocenters. The standard InChI is InChI=1S/C12H20N4/c1-3-6-16(11-4-5-11)12-14-8-10(7-13-2)9-15-12/h8-9,11,13H,3-7H2,1-2H3. The second-order valence-electron chi connectivity index (χ2n) is 4.35. The first-order valence-electron chi connectivity index (χ1n) is 6.07. The lowest BCUT2D eigenvalue weighted by Crippen LogP contribution is -2.28. The van der Waals surface area contributed by atoms with Crippen LogP contribution >= 0.6 is 0 Å². The Morgan fingerprint density at radius 2 is 2.06 bits per heavy atom. The Balaban J connectivity index is 2.05. The Hall–Kier alpha value is -1.16. The lowest BCUT2D eigenvalue weighted by atomic mass is 10.3. The normalized spacial score (nSPS) is 15.1. The van der Waals surface area contributed by atoms with Crippen LogP contribution in [0.4, 0.5) is 5.95 Å². The molecule has 1 aliphatic carbocycles. The zero-order valence-corrected chi connectivity index (χ0v) is 10.1. The van der Waals surface area contributed by atoms with Gasteiger partial charge in [-0.3, -0.25) is 0 Å². The number of nitrogens with one attached hydrogen (secondary N) is 1. The number of hydrogen-bond acceptors (Lipinski definition) is 4. The van der Waals surface area contributed by atoms with Crippen LogP contribution in [0.5, 0.6) is 0 Å². The maximum Gasteiger partial charge on any atom is 0.225 e. The first-order valence-corrected chi connectivity index (χ1v) is 6.07. The van der Waals surface area contributed by atoms with Crippen molar-refractivity contribution < 1.29 is 0 Å². The quantitative estimate of drug-likeness (QED) is 0.790. The Kier molecular flexibility index (Phi) is 3.72. The summed E-state index contributed by atoms with van der Waals surface area (Å²) in [7, 11) is 1.93. The predicted molar refractivity (Wildman–Crippen MR) is 65.5 cm³/mol. The number of hydrogen-bond donors (Lipinski definition) is 1. The molecule has 1 saturated carbocycles. The van der Waals surface area contributed by atoms with Crippen LogP contribution < -0.4 is 10.2 Å². The Labute approximate surface area is 97.1 Å². The molecule has 88 valence electrons. The van der Waals surface area contributed by atoms with E-state index in [1.54, 1.807) is 0 Å². The van der Waals surface area contributed by atoms with Gasteiger partial charge in [-0.15, -0.1) is 0 Å². The van der Waals surface area contributed by atoms with Crippen molar-refractivity contribution in [3.05, 3.63) is 18.0 Å². The van der Waals surface area contributed by atoms with E-state index in [9.17, 15) is 0 Å². The molecule has 1 N–H and O–H groups in total. The van der Waals surface area contributed by atoms with Gasteiger partial charge in [-0.2, -0.15) is 0 Å². The van der Waals surface area contributed by atoms with E-state index in [-0.39, 0.29) is 0 Å². The highest BCUT2D eigenvalue weighted by Gasteiger charge is 2.29. The molecule has 0 radical (unpaired) electrons. The third-order valence-corrected chi connectivity index (χ3v) is 2.78. The van der Waals surface area contributed by atoms with Crippen LogP contribution in [0.2, 0.25) is 0 Å². The van der Waals surface area contributed by atoms with Gasteiger partial charge >= 0.3 is 0 Å². The number of nitrogens with zero attached hydrogens (tertiary/aromatic N) is 3. The monoisotopic (exact) mass is 220 g/mol. The van der Waals surface area contributed by atoms with Crippen LogP contribution in [0.15, 0.2) is 12.4 Å². The summed E-state index contributed by atoms with van der Waals surface area (Å²) in [6.07, 6.45) is 7.58. The van der Waals surface area contributed by atoms with Gasteiger partial charge in [-0.25, -0.2) is 9.97 Å². The Morgan fingerprint density at radius 3 is 2.56 bits per heavy atom. The summed E-state index contributed by atoms with van der Waals surface area (Å²) >= 11 is 0. The SMILES string of the molecule is CCCN(c1ncc(CNC)cn1)C1CC1. The van der Waals surface area contributed by atoms with Crippen LogP contribution in [0.3, 0.4) is 0 Å². The molecule has 0 aliphatic heterocycles. The van der Waals surface area contributed by atoms with Crippen LogP contribution in [-0.4, -0.2) is 29.6 Å². The molecule has 1 heterocycles. The van der Waals surface area contributed by atoms with Gasteiger partial charge in [0.05, 0.1) is 0 Å². The van der Waals surface area contributed by atoms with Crippen molar-refractivity contribution >= 4 is 5.95 Å². The second kappa shape index (κ2) is 5.25. The zero-order valence-electron chi connectivity index (χ0n) is 10.1. The van der Waals surface area contributed by atoms with Crippen LogP contribution in [0, 0.1) is 0 Å². The third kappa shape index (κ3) is 2.70. The van der Waals surface area contributed by atoms with Crippen LogP contribution in [-0.2, 0) is 6.54 Å². The highest BCUT2D eigenvalue weighted by Crippen LogP contribution is 2.29. The summed E-state index contributed by atoms with van der Waals surface area (Å²) in [5, 5.41) is 3.10. The molecule has 16 heavy (non-hydrogen) atoms. The zero-order chi connectivity index (χ0) is 11.4. The summed E-state index contributed by atoms with van der Waals surface area (Å²) in [5.74, 6) is 0.893. The molecule has 4 heteroatoms. The molecule has 2 rings (SSSR count). The van der Waals surface area contributed by atoms with Gasteiger partial charge in [0.2, 0.25) is 5.95 Å². The van der Waals surface area contributed by atoms with E-state index in [4.69, 9.17) is 0 Å². The van der Waals surface area contributed by atoms with Crippen molar-refractivity contribution in [2.45, 2.75) is 38.8 Å². The van der Waals surface area contributed by atoms with Crippen molar-refractivity contribution in [3.63, 3.8) is 0 Å². The van der Waals surface area contributed by atoms with E-state index in [1.807, 2.05) is 19.4 Å². The number of aromatic nitrogens is 2. The van der Waals surface area contributed by atoms with Crippen molar-refractivity contribution in [3.8, 4) is 0 Å². The highest BCUT2D eigenvalue weighted by atomic mass is 15.3. The third-order valence-electron chi connectivity index (χ3n) is 2.78. The topological polar surface area (TPSA) is 41.1 Å². The van der Waals surface area contributed by atoms with Gasteiger partial charge in [-0.1, -0.05) is 6.92 Å². The lowest BCUT2D eigenvalue weighted by Gasteiger charge is -2.21. The first-order chi connectivity index (χ1) is 7.85. The van der Waals surface area contributed by atoms with E-state index in [1.165, 1.54) is 12.8 Å². The predicted octanol–water partition coefficient (Wildman–Crippen LogP) is 1.57. The summed E-state index contributed by atoms with van der Waals surface area (Å²) in [4.78, 5) is 11.2. The number of rotatable bonds is 6. The van der Waals surface area contributed by atoms with Gasteiger partial charge in [-0.05, 0) is 26.3 Å². The van der Waals surface area contributed by atoms with E-state index in [2.05, 4.69) is 27.1 Å². The van der Waals surface area contributed by atoms with Gasteiger partial charge < -0.3 is 10.2 Å². The molecule has 0 spiro atoms. The first kappa shape index (κ1) is 11.3. The molecular weight excluding hydrogens is 200 g/mol. The van der Waals surface area contributed by atoms with Crippen LogP contribution in [0.1, 0.15) is 31.7 Å². The summed E-state index contributed by atoms with van der Waals surface area (Å²) in [6, 6.07) is 0.690. The molecule has 0 saturated heterocycles. The minimum absolute atomic E-state index is 0.690. The van der Waals surface area contributed by atoms with Gasteiger partial charge in [0, 0.05) is 37.1 Å². The maximum atomic E-state index is 4.45. The van der Waals surface area contributed by atoms with Crippen molar-refractivity contribution in [2.75, 3.05) is 18.5 Å².